The van der Waals surface area contributed by atoms with Crippen LogP contribution < -0.4 is 5.32 Å². The average molecular weight is 313 g/mol. The van der Waals surface area contributed by atoms with Gasteiger partial charge in [-0.1, -0.05) is 0 Å². The topological polar surface area (TPSA) is 81.2 Å². The third kappa shape index (κ3) is 3.62. The monoisotopic (exact) mass is 313 g/mol. The number of nitrogens with one attached hydrogen (secondary N) is 1. The van der Waals surface area contributed by atoms with Gasteiger partial charge in [-0.2, -0.15) is 0 Å². The Labute approximate surface area is 126 Å². The largest absolute Gasteiger partial charge is 0.457 e. The highest BCUT2D eigenvalue weighted by Crippen LogP contribution is 2.38. The van der Waals surface area contributed by atoms with Crippen LogP contribution in [0.15, 0.2) is 6.20 Å². The van der Waals surface area contributed by atoms with Gasteiger partial charge >= 0.3 is 5.97 Å². The van der Waals surface area contributed by atoms with Gasteiger partial charge in [-0.15, -0.1) is 0 Å². The molecule has 2 heterocycles. The minimum atomic E-state index is -3.00. The number of aromatic nitrogens is 2. The molecule has 22 heavy (non-hydrogen) atoms. The van der Waals surface area contributed by atoms with Crippen LogP contribution in [-0.4, -0.2) is 47.3 Å². The summed E-state index contributed by atoms with van der Waals surface area (Å²) in [5.41, 5.74) is 0.00887. The van der Waals surface area contributed by atoms with Crippen molar-refractivity contribution in [2.45, 2.75) is 32.1 Å². The molecule has 1 saturated heterocycles. The zero-order valence-electron chi connectivity index (χ0n) is 12.4. The van der Waals surface area contributed by atoms with E-state index < -0.39 is 36.7 Å². The summed E-state index contributed by atoms with van der Waals surface area (Å²) >= 11 is 0. The zero-order chi connectivity index (χ0) is 16.3. The van der Waals surface area contributed by atoms with Gasteiger partial charge in [0.15, 0.2) is 6.61 Å². The molecule has 0 aliphatic carbocycles. The Bertz CT molecular complexity index is 593. The Morgan fingerprint density at radius 1 is 1.50 bits per heavy atom. The van der Waals surface area contributed by atoms with Crippen molar-refractivity contribution in [1.82, 2.24) is 15.3 Å². The minimum Gasteiger partial charge on any atom is -0.457 e. The van der Waals surface area contributed by atoms with Crippen molar-refractivity contribution in [3.05, 3.63) is 23.3 Å². The Kier molecular flexibility index (Phi) is 4.80. The van der Waals surface area contributed by atoms with Crippen molar-refractivity contribution in [3.63, 3.8) is 0 Å². The summed E-state index contributed by atoms with van der Waals surface area (Å²) in [6.07, 6.45) is 1.39. The van der Waals surface area contributed by atoms with E-state index in [0.717, 1.165) is 0 Å². The molecule has 1 fully saturated rings. The third-order valence-corrected chi connectivity index (χ3v) is 3.46. The Hall–Kier alpha value is -1.96. The van der Waals surface area contributed by atoms with Crippen LogP contribution in [0.3, 0.4) is 0 Å². The quantitative estimate of drug-likeness (QED) is 0.665. The van der Waals surface area contributed by atoms with Crippen molar-refractivity contribution in [2.75, 3.05) is 19.7 Å². The third-order valence-electron chi connectivity index (χ3n) is 3.46. The van der Waals surface area contributed by atoms with E-state index in [0.29, 0.717) is 12.4 Å². The van der Waals surface area contributed by atoms with Crippen LogP contribution in [-0.2, 0) is 9.53 Å². The van der Waals surface area contributed by atoms with Gasteiger partial charge in [-0.05, 0) is 19.9 Å². The molecule has 8 heteroatoms. The van der Waals surface area contributed by atoms with Crippen LogP contribution in [0.25, 0.3) is 0 Å². The Morgan fingerprint density at radius 3 is 2.86 bits per heavy atom. The van der Waals surface area contributed by atoms with Crippen LogP contribution in [0.1, 0.15) is 41.1 Å². The lowest BCUT2D eigenvalue weighted by Gasteiger charge is -2.32. The fourth-order valence-corrected chi connectivity index (χ4v) is 2.39. The second kappa shape index (κ2) is 6.43. The highest BCUT2D eigenvalue weighted by atomic mass is 19.3. The second-order valence-electron chi connectivity index (χ2n) is 5.20. The van der Waals surface area contributed by atoms with Gasteiger partial charge < -0.3 is 10.1 Å². The smallest absolute Gasteiger partial charge is 0.303 e. The van der Waals surface area contributed by atoms with Gasteiger partial charge in [0.25, 0.3) is 5.92 Å². The Morgan fingerprint density at radius 2 is 2.23 bits per heavy atom. The first-order valence-corrected chi connectivity index (χ1v) is 6.90. The maximum absolute atomic E-state index is 14.1. The molecule has 1 aromatic rings. The number of Topliss-reactive ketones (excluding diaryl/α,β-unsaturated/α-hetero) is 1. The first-order valence-electron chi connectivity index (χ1n) is 6.90. The van der Waals surface area contributed by atoms with Crippen LogP contribution in [0.4, 0.5) is 8.78 Å². The second-order valence-corrected chi connectivity index (χ2v) is 5.20. The van der Waals surface area contributed by atoms with Crippen LogP contribution in [0.5, 0.6) is 0 Å². The number of esters is 1. The van der Waals surface area contributed by atoms with Gasteiger partial charge in [0.2, 0.25) is 5.78 Å². The van der Waals surface area contributed by atoms with E-state index in [9.17, 15) is 18.4 Å². The maximum Gasteiger partial charge on any atom is 0.303 e. The lowest BCUT2D eigenvalue weighted by Crippen LogP contribution is -2.45. The summed E-state index contributed by atoms with van der Waals surface area (Å²) in [6, 6.07) is 0. The molecule has 1 unspecified atom stereocenters. The summed E-state index contributed by atoms with van der Waals surface area (Å²) in [7, 11) is 0. The minimum absolute atomic E-state index is 0.0153. The molecular formula is C14H17F2N3O3. The number of nitrogens with zero attached hydrogens (tertiary/aromatic N) is 2. The normalized spacial score (nSPS) is 20.5. The number of hydrogen-bond acceptors (Lipinski definition) is 6. The number of ether oxygens (including phenoxy) is 1. The van der Waals surface area contributed by atoms with Gasteiger partial charge in [0, 0.05) is 13.1 Å². The van der Waals surface area contributed by atoms with E-state index in [1.807, 2.05) is 0 Å². The first kappa shape index (κ1) is 16.4. The van der Waals surface area contributed by atoms with Crippen LogP contribution >= 0.6 is 0 Å². The molecule has 0 saturated carbocycles. The molecule has 2 rings (SSSR count). The lowest BCUT2D eigenvalue weighted by molar-refractivity contribution is -0.139. The predicted molar refractivity (Wildman–Crippen MR) is 72.9 cm³/mol. The molecule has 6 nitrogen and oxygen atoms in total. The van der Waals surface area contributed by atoms with E-state index >= 15 is 0 Å². The van der Waals surface area contributed by atoms with E-state index in [1.165, 1.54) is 13.1 Å². The standard InChI is InChI=1S/C14H17F2N3O3/c1-8-18-5-10(12(21)6-22-9(2)20)13(19-8)11-3-4-17-7-14(11,15)16/h5,11,17H,3-4,6-7H2,1-2H3. The predicted octanol–water partition coefficient (Wildman–Crippen LogP) is 1.24. The van der Waals surface area contributed by atoms with Crippen molar-refractivity contribution in [2.24, 2.45) is 0 Å². The number of alkyl halides is 2. The first-order chi connectivity index (χ1) is 10.3. The molecule has 1 aliphatic heterocycles. The number of halogens is 2. The molecule has 1 N–H and O–H groups in total. The number of carbonyl (C=O) groups excluding carboxylic acids is 2. The van der Waals surface area contributed by atoms with Crippen molar-refractivity contribution in [1.29, 1.82) is 0 Å². The summed E-state index contributed by atoms with van der Waals surface area (Å²) < 4.78 is 32.9. The number of carbonyl (C=O) groups is 2. The number of hydrogen-bond donors (Lipinski definition) is 1. The molecule has 0 radical (unpaired) electrons. The number of ketones is 1. The highest BCUT2D eigenvalue weighted by molar-refractivity contribution is 5.98. The summed E-state index contributed by atoms with van der Waals surface area (Å²) in [5.74, 6) is -5.05. The highest BCUT2D eigenvalue weighted by Gasteiger charge is 2.44. The van der Waals surface area contributed by atoms with Gasteiger partial charge in [-0.25, -0.2) is 18.7 Å². The zero-order valence-corrected chi connectivity index (χ0v) is 12.4. The number of aryl methyl sites for hydroxylation is 1. The average Bonchev–Trinajstić information content (AvgIpc) is 2.44. The van der Waals surface area contributed by atoms with Crippen LogP contribution in [0, 0.1) is 6.92 Å². The molecule has 0 bridgehead atoms. The van der Waals surface area contributed by atoms with E-state index in [2.05, 4.69) is 20.0 Å². The Balaban J connectivity index is 2.35. The van der Waals surface area contributed by atoms with Crippen molar-refractivity contribution >= 4 is 11.8 Å². The molecular weight excluding hydrogens is 296 g/mol. The number of rotatable bonds is 4. The van der Waals surface area contributed by atoms with E-state index in [4.69, 9.17) is 0 Å². The maximum atomic E-state index is 14.1. The fraction of sp³-hybridized carbons (Fsp3) is 0.571. The molecule has 0 spiro atoms. The van der Waals surface area contributed by atoms with Crippen molar-refractivity contribution in [3.8, 4) is 0 Å². The molecule has 0 amide bonds. The van der Waals surface area contributed by atoms with E-state index in [1.54, 1.807) is 6.92 Å². The van der Waals surface area contributed by atoms with Crippen molar-refractivity contribution < 1.29 is 23.1 Å². The number of piperidine rings is 1. The van der Waals surface area contributed by atoms with Crippen LogP contribution in [0.2, 0.25) is 0 Å². The molecule has 1 atom stereocenters. The van der Waals surface area contributed by atoms with E-state index in [-0.39, 0.29) is 17.7 Å². The molecule has 1 aliphatic rings. The fourth-order valence-electron chi connectivity index (χ4n) is 2.39. The molecule has 1 aromatic heterocycles. The van der Waals surface area contributed by atoms with Gasteiger partial charge in [0.05, 0.1) is 23.7 Å². The SMILES string of the molecule is CC(=O)OCC(=O)c1cnc(C)nc1C1CCNCC1(F)F. The summed E-state index contributed by atoms with van der Waals surface area (Å²) in [6.45, 7) is 2.19. The molecule has 120 valence electrons. The lowest BCUT2D eigenvalue weighted by atomic mass is 9.87. The molecule has 0 aromatic carbocycles. The summed E-state index contributed by atoms with van der Waals surface area (Å²) in [4.78, 5) is 30.9. The van der Waals surface area contributed by atoms with Gasteiger partial charge in [-0.3, -0.25) is 9.59 Å². The van der Waals surface area contributed by atoms with Gasteiger partial charge in [0.1, 0.15) is 5.82 Å². The summed E-state index contributed by atoms with van der Waals surface area (Å²) in [5, 5.41) is 2.63.